The summed E-state index contributed by atoms with van der Waals surface area (Å²) in [5, 5.41) is 2.45. The second-order valence-electron chi connectivity index (χ2n) is 17.6. The van der Waals surface area contributed by atoms with E-state index in [1.165, 1.54) is 15.9 Å². The monoisotopic (exact) mass is 720 g/mol. The van der Waals surface area contributed by atoms with Crippen molar-refractivity contribution in [2.75, 3.05) is 13.2 Å². The van der Waals surface area contributed by atoms with Crippen LogP contribution in [-0.2, 0) is 29.4 Å². The van der Waals surface area contributed by atoms with Crippen LogP contribution in [0.4, 0.5) is 0 Å². The maximum absolute atomic E-state index is 7.52. The molecule has 1 aliphatic rings. The Kier molecular flexibility index (Phi) is 12.8. The molecule has 49 heavy (non-hydrogen) atoms. The molecule has 0 aliphatic carbocycles. The molecular formula is C41H64O5Si3. The van der Waals surface area contributed by atoms with Crippen molar-refractivity contribution in [3.8, 4) is 0 Å². The van der Waals surface area contributed by atoms with Crippen LogP contribution < -0.4 is 10.4 Å². The van der Waals surface area contributed by atoms with Crippen LogP contribution >= 0.6 is 0 Å². The lowest BCUT2D eigenvalue weighted by atomic mass is 9.85. The maximum Gasteiger partial charge on any atom is 0.261 e. The zero-order valence-corrected chi connectivity index (χ0v) is 35.5. The van der Waals surface area contributed by atoms with Crippen LogP contribution in [0, 0.1) is 0 Å². The SMILES string of the molecule is CC(C)(C)[Si](C)(C)O[C@H]1C[C@@](C)(O[Si](C)(C)C)[C@H](CCOCc2ccccc2)O[C@@H]1CO[Si](c1ccccc1)(c1ccccc1)C(C)(C)C. The molecule has 3 aromatic rings. The first-order valence-electron chi connectivity index (χ1n) is 18.2. The van der Waals surface area contributed by atoms with Gasteiger partial charge in [-0.2, -0.15) is 0 Å². The van der Waals surface area contributed by atoms with Crippen LogP contribution in [0.5, 0.6) is 0 Å². The van der Waals surface area contributed by atoms with Crippen molar-refractivity contribution in [1.82, 2.24) is 0 Å². The number of ether oxygens (including phenoxy) is 2. The molecule has 0 bridgehead atoms. The predicted molar refractivity (Wildman–Crippen MR) is 212 cm³/mol. The van der Waals surface area contributed by atoms with Crippen LogP contribution in [0.3, 0.4) is 0 Å². The lowest BCUT2D eigenvalue weighted by molar-refractivity contribution is -0.210. The van der Waals surface area contributed by atoms with Crippen LogP contribution in [0.2, 0.25) is 42.8 Å². The molecule has 1 saturated heterocycles. The fourth-order valence-corrected chi connectivity index (χ4v) is 14.6. The Hall–Kier alpha value is -1.89. The molecule has 3 aromatic carbocycles. The van der Waals surface area contributed by atoms with Crippen molar-refractivity contribution in [2.45, 2.75) is 135 Å². The minimum absolute atomic E-state index is 0.0502. The smallest absolute Gasteiger partial charge is 0.261 e. The standard InChI is InChI=1S/C41H64O5Si3/c1-39(2,3)48(11,12)45-36-30-41(7,46-47(8,9)10)38(28-29-42-31-33-22-16-13-17-23-33)44-37(36)32-43-49(40(4,5)6,34-24-18-14-19-25-34)35-26-20-15-21-27-35/h13-27,36-38H,28-32H2,1-12H3/t36-,37+,38-,41+/m0/s1. The van der Waals surface area contributed by atoms with Gasteiger partial charge in [-0.15, -0.1) is 0 Å². The molecule has 0 spiro atoms. The number of hydrogen-bond acceptors (Lipinski definition) is 5. The highest BCUT2D eigenvalue weighted by Gasteiger charge is 2.54. The molecular weight excluding hydrogens is 657 g/mol. The van der Waals surface area contributed by atoms with Gasteiger partial charge in [0.05, 0.1) is 31.0 Å². The van der Waals surface area contributed by atoms with Crippen LogP contribution in [-0.4, -0.2) is 62.1 Å². The van der Waals surface area contributed by atoms with E-state index in [-0.39, 0.29) is 28.4 Å². The molecule has 1 heterocycles. The summed E-state index contributed by atoms with van der Waals surface area (Å²) in [6.07, 6.45) is 0.898. The van der Waals surface area contributed by atoms with Gasteiger partial charge >= 0.3 is 0 Å². The van der Waals surface area contributed by atoms with Crippen LogP contribution in [0.1, 0.15) is 66.9 Å². The van der Waals surface area contributed by atoms with E-state index in [4.69, 9.17) is 22.8 Å². The maximum atomic E-state index is 7.52. The largest absolute Gasteiger partial charge is 0.411 e. The van der Waals surface area contributed by atoms with E-state index >= 15 is 0 Å². The summed E-state index contributed by atoms with van der Waals surface area (Å²) in [4.78, 5) is 0. The molecule has 270 valence electrons. The van der Waals surface area contributed by atoms with Crippen molar-refractivity contribution in [1.29, 1.82) is 0 Å². The third-order valence-corrected chi connectivity index (χ3v) is 20.9. The summed E-state index contributed by atoms with van der Waals surface area (Å²) >= 11 is 0. The second-order valence-corrected chi connectivity index (χ2v) is 31.1. The third-order valence-electron chi connectivity index (χ3n) is 10.3. The number of rotatable bonds is 14. The van der Waals surface area contributed by atoms with Gasteiger partial charge in [0.2, 0.25) is 0 Å². The summed E-state index contributed by atoms with van der Waals surface area (Å²) in [5.41, 5.74) is 0.661. The zero-order chi connectivity index (χ0) is 36.1. The Balaban J connectivity index is 1.71. The molecule has 0 radical (unpaired) electrons. The summed E-state index contributed by atoms with van der Waals surface area (Å²) in [5.74, 6) is 0. The Labute approximate surface area is 301 Å². The molecule has 4 atom stereocenters. The van der Waals surface area contributed by atoms with Gasteiger partial charge in [-0.1, -0.05) is 133 Å². The lowest BCUT2D eigenvalue weighted by Gasteiger charge is -2.53. The van der Waals surface area contributed by atoms with E-state index in [1.807, 2.05) is 6.07 Å². The quantitative estimate of drug-likeness (QED) is 0.123. The topological polar surface area (TPSA) is 46.2 Å². The van der Waals surface area contributed by atoms with Crippen molar-refractivity contribution in [3.05, 3.63) is 96.6 Å². The van der Waals surface area contributed by atoms with Gasteiger partial charge in [0.1, 0.15) is 6.10 Å². The zero-order valence-electron chi connectivity index (χ0n) is 32.5. The molecule has 0 amide bonds. The van der Waals surface area contributed by atoms with Gasteiger partial charge in [-0.05, 0) is 72.1 Å². The fraction of sp³-hybridized carbons (Fsp3) is 0.561. The van der Waals surface area contributed by atoms with E-state index in [9.17, 15) is 0 Å². The lowest BCUT2D eigenvalue weighted by Crippen LogP contribution is -2.68. The molecule has 0 N–H and O–H groups in total. The Bertz CT molecular complexity index is 1390. The van der Waals surface area contributed by atoms with Gasteiger partial charge in [-0.25, -0.2) is 0 Å². The Morgan fingerprint density at radius 3 is 1.71 bits per heavy atom. The van der Waals surface area contributed by atoms with Crippen molar-refractivity contribution in [2.24, 2.45) is 0 Å². The van der Waals surface area contributed by atoms with Gasteiger partial charge in [0.25, 0.3) is 8.32 Å². The predicted octanol–water partition coefficient (Wildman–Crippen LogP) is 9.33. The molecule has 4 rings (SSSR count). The third kappa shape index (κ3) is 9.92. The minimum atomic E-state index is -2.80. The van der Waals surface area contributed by atoms with Crippen molar-refractivity contribution >= 4 is 35.3 Å². The Morgan fingerprint density at radius 2 is 1.24 bits per heavy atom. The van der Waals surface area contributed by atoms with Gasteiger partial charge in [-0.3, -0.25) is 0 Å². The highest BCUT2D eigenvalue weighted by Crippen LogP contribution is 2.44. The first-order chi connectivity index (χ1) is 22.8. The Morgan fingerprint density at radius 1 is 0.735 bits per heavy atom. The highest BCUT2D eigenvalue weighted by molar-refractivity contribution is 6.99. The number of benzene rings is 3. The first kappa shape index (κ1) is 39.9. The average Bonchev–Trinajstić information content (AvgIpc) is 3.00. The molecule has 1 fully saturated rings. The van der Waals surface area contributed by atoms with Crippen LogP contribution in [0.15, 0.2) is 91.0 Å². The fourth-order valence-electron chi connectivity index (χ4n) is 7.03. The van der Waals surface area contributed by atoms with E-state index in [0.717, 1.165) is 12.8 Å². The molecule has 1 aliphatic heterocycles. The van der Waals surface area contributed by atoms with E-state index < -0.39 is 30.6 Å². The van der Waals surface area contributed by atoms with Crippen molar-refractivity contribution in [3.63, 3.8) is 0 Å². The second kappa shape index (κ2) is 15.8. The van der Waals surface area contributed by atoms with Gasteiger partial charge < -0.3 is 22.8 Å². The van der Waals surface area contributed by atoms with Crippen molar-refractivity contribution < 1.29 is 22.8 Å². The minimum Gasteiger partial charge on any atom is -0.411 e. The molecule has 0 aromatic heterocycles. The molecule has 0 unspecified atom stereocenters. The number of hydrogen-bond donors (Lipinski definition) is 0. The highest BCUT2D eigenvalue weighted by atomic mass is 28.4. The summed E-state index contributed by atoms with van der Waals surface area (Å²) in [6, 6.07) is 32.1. The van der Waals surface area contributed by atoms with Gasteiger partial charge in [0.15, 0.2) is 16.6 Å². The first-order valence-corrected chi connectivity index (χ1v) is 26.4. The van der Waals surface area contributed by atoms with Gasteiger partial charge in [0, 0.05) is 13.0 Å². The summed E-state index contributed by atoms with van der Waals surface area (Å²) < 4.78 is 35.4. The molecule has 8 heteroatoms. The van der Waals surface area contributed by atoms with E-state index in [2.05, 4.69) is 166 Å². The summed E-state index contributed by atoms with van der Waals surface area (Å²) in [6.45, 7) is 29.2. The van der Waals surface area contributed by atoms with Crippen LogP contribution in [0.25, 0.3) is 0 Å². The van der Waals surface area contributed by atoms with E-state index in [1.54, 1.807) is 0 Å². The summed E-state index contributed by atoms with van der Waals surface area (Å²) in [7, 11) is -6.93. The van der Waals surface area contributed by atoms with E-state index in [0.29, 0.717) is 19.8 Å². The molecule has 0 saturated carbocycles. The average molecular weight is 721 g/mol. The molecule has 5 nitrogen and oxygen atoms in total. The normalized spacial score (nSPS) is 22.7.